The van der Waals surface area contributed by atoms with Crippen molar-refractivity contribution in [3.63, 3.8) is 0 Å². The number of hydrogen-bond donors (Lipinski definition) is 0. The van der Waals surface area contributed by atoms with E-state index in [0.29, 0.717) is 0 Å². The van der Waals surface area contributed by atoms with Crippen LogP contribution in [0.3, 0.4) is 0 Å². The minimum absolute atomic E-state index is 0.182. The van der Waals surface area contributed by atoms with Gasteiger partial charge in [-0.05, 0) is 62.3 Å². The van der Waals surface area contributed by atoms with Gasteiger partial charge in [0.1, 0.15) is 0 Å². The third kappa shape index (κ3) is 2.88. The highest BCUT2D eigenvalue weighted by molar-refractivity contribution is 7.56. The van der Waals surface area contributed by atoms with E-state index in [1.165, 1.54) is 18.7 Å². The largest absolute Gasteiger partial charge is 0.291 e. The maximum Gasteiger partial charge on any atom is 0.0875 e. The molecule has 3 aliphatic heterocycles. The fourth-order valence-corrected chi connectivity index (χ4v) is 8.39. The van der Waals surface area contributed by atoms with Crippen LogP contribution in [0.15, 0.2) is 4.99 Å². The number of aliphatic imine (C=N–C) groups is 1. The van der Waals surface area contributed by atoms with E-state index >= 15 is 0 Å². The van der Waals surface area contributed by atoms with Crippen molar-refractivity contribution < 1.29 is 0 Å². The smallest absolute Gasteiger partial charge is 0.0875 e. The monoisotopic (exact) mass is 352 g/mol. The molecule has 24 heavy (non-hydrogen) atoms. The topological polar surface area (TPSA) is 22.1 Å². The first-order valence-corrected chi connectivity index (χ1v) is 10.7. The summed E-state index contributed by atoms with van der Waals surface area (Å²) >= 11 is 0. The Labute approximate surface area is 150 Å². The summed E-state index contributed by atoms with van der Waals surface area (Å²) in [5, 5.41) is 0.285. The van der Waals surface area contributed by atoms with Gasteiger partial charge in [0, 0.05) is 48.4 Å². The molecule has 2 unspecified atom stereocenters. The summed E-state index contributed by atoms with van der Waals surface area (Å²) in [5.41, 5.74) is 2.04. The van der Waals surface area contributed by atoms with E-state index in [1.807, 2.05) is 0 Å². The SMILES string of the molecule is CC(C)(C)N1CC/N=C2/CN(C(C)(C)C)C3(C2)CN(C(C)(C)C)P13. The zero-order valence-corrected chi connectivity index (χ0v) is 18.2. The van der Waals surface area contributed by atoms with E-state index < -0.39 is 0 Å². The van der Waals surface area contributed by atoms with Crippen molar-refractivity contribution in [1.82, 2.24) is 14.2 Å². The van der Waals surface area contributed by atoms with Gasteiger partial charge in [-0.2, -0.15) is 0 Å². The molecule has 2 bridgehead atoms. The molecule has 0 aromatic heterocycles. The van der Waals surface area contributed by atoms with E-state index in [0.717, 1.165) is 19.6 Å². The average Bonchev–Trinajstić information content (AvgIpc) is 2.74. The van der Waals surface area contributed by atoms with Crippen LogP contribution in [0.4, 0.5) is 0 Å². The number of fused-ring (bicyclic) bond motifs is 1. The quantitative estimate of drug-likeness (QED) is 0.611. The summed E-state index contributed by atoms with van der Waals surface area (Å²) in [6.07, 6.45) is 1.18. The van der Waals surface area contributed by atoms with Crippen LogP contribution in [0.5, 0.6) is 0 Å². The molecule has 3 aliphatic rings. The van der Waals surface area contributed by atoms with Crippen molar-refractivity contribution in [1.29, 1.82) is 0 Å². The number of likely N-dealkylation sites (tertiary alicyclic amines) is 1. The lowest BCUT2D eigenvalue weighted by molar-refractivity contribution is 0.0209. The van der Waals surface area contributed by atoms with Gasteiger partial charge in [0.15, 0.2) is 0 Å². The van der Waals surface area contributed by atoms with Crippen molar-refractivity contribution in [3.05, 3.63) is 0 Å². The Kier molecular flexibility index (Phi) is 4.29. The van der Waals surface area contributed by atoms with Gasteiger partial charge in [0.25, 0.3) is 0 Å². The minimum atomic E-state index is -0.353. The highest BCUT2D eigenvalue weighted by Gasteiger charge is 2.66. The maximum absolute atomic E-state index is 5.00. The first kappa shape index (κ1) is 18.8. The molecule has 2 fully saturated rings. The lowest BCUT2D eigenvalue weighted by Crippen LogP contribution is -2.71. The highest BCUT2D eigenvalue weighted by Crippen LogP contribution is 2.73. The molecule has 0 aromatic rings. The molecule has 0 aliphatic carbocycles. The van der Waals surface area contributed by atoms with E-state index in [9.17, 15) is 0 Å². The Bertz CT molecular complexity index is 537. The molecule has 3 rings (SSSR count). The van der Waals surface area contributed by atoms with Crippen molar-refractivity contribution in [2.24, 2.45) is 4.99 Å². The number of rotatable bonds is 0. The third-order valence-corrected chi connectivity index (χ3v) is 9.31. The fourth-order valence-electron chi connectivity index (χ4n) is 4.51. The normalized spacial score (nSPS) is 35.7. The molecule has 0 saturated carbocycles. The Morgan fingerprint density at radius 1 is 0.875 bits per heavy atom. The van der Waals surface area contributed by atoms with Gasteiger partial charge in [-0.25, -0.2) is 0 Å². The second-order valence-corrected chi connectivity index (χ2v) is 13.1. The fraction of sp³-hybridized carbons (Fsp3) is 0.947. The summed E-state index contributed by atoms with van der Waals surface area (Å²) in [5.74, 6) is 0. The standard InChI is InChI=1S/C19H37N4P/c1-16(2,3)21-13-15-12-19(21)14-23(18(7,8)9)24(19)22(11-10-20-15)17(4,5)6/h10-14H2,1-9H3/b20-15+. The van der Waals surface area contributed by atoms with Crippen LogP contribution in [-0.4, -0.2) is 68.0 Å². The van der Waals surface area contributed by atoms with Gasteiger partial charge >= 0.3 is 0 Å². The second kappa shape index (κ2) is 5.49. The van der Waals surface area contributed by atoms with Gasteiger partial charge in [0.05, 0.1) is 20.0 Å². The summed E-state index contributed by atoms with van der Waals surface area (Å²) in [6.45, 7) is 25.7. The molecule has 138 valence electrons. The number of nitrogens with zero attached hydrogens (tertiary/aromatic N) is 4. The van der Waals surface area contributed by atoms with Crippen molar-refractivity contribution in [2.45, 2.75) is 90.6 Å². The van der Waals surface area contributed by atoms with Gasteiger partial charge in [-0.15, -0.1) is 0 Å². The summed E-state index contributed by atoms with van der Waals surface area (Å²) in [6, 6.07) is 0. The molecule has 1 spiro atoms. The van der Waals surface area contributed by atoms with E-state index in [-0.39, 0.29) is 30.1 Å². The first-order valence-electron chi connectivity index (χ1n) is 9.42. The molecule has 0 aromatic carbocycles. The summed E-state index contributed by atoms with van der Waals surface area (Å²) in [7, 11) is -0.353. The molecule has 0 N–H and O–H groups in total. The molecule has 5 heteroatoms. The van der Waals surface area contributed by atoms with E-state index in [4.69, 9.17) is 4.99 Å². The summed E-state index contributed by atoms with van der Waals surface area (Å²) in [4.78, 5) is 7.79. The maximum atomic E-state index is 5.00. The van der Waals surface area contributed by atoms with Gasteiger partial charge in [-0.3, -0.25) is 19.2 Å². The Morgan fingerprint density at radius 2 is 1.46 bits per heavy atom. The summed E-state index contributed by atoms with van der Waals surface area (Å²) < 4.78 is 5.59. The Hall–Kier alpha value is -0.0200. The van der Waals surface area contributed by atoms with Crippen LogP contribution in [0, 0.1) is 0 Å². The van der Waals surface area contributed by atoms with Crippen LogP contribution in [0.2, 0.25) is 0 Å². The average molecular weight is 353 g/mol. The van der Waals surface area contributed by atoms with Crippen LogP contribution >= 0.6 is 8.22 Å². The van der Waals surface area contributed by atoms with Crippen molar-refractivity contribution in [2.75, 3.05) is 26.2 Å². The first-order chi connectivity index (χ1) is 10.8. The van der Waals surface area contributed by atoms with E-state index in [2.05, 4.69) is 76.6 Å². The molecule has 0 radical (unpaired) electrons. The van der Waals surface area contributed by atoms with Gasteiger partial charge in [0.2, 0.25) is 0 Å². The van der Waals surface area contributed by atoms with Crippen LogP contribution in [0.25, 0.3) is 0 Å². The zero-order valence-electron chi connectivity index (χ0n) is 17.3. The second-order valence-electron chi connectivity index (χ2n) is 10.7. The Balaban J connectivity index is 2.09. The van der Waals surface area contributed by atoms with Gasteiger partial charge < -0.3 is 0 Å². The predicted molar refractivity (Wildman–Crippen MR) is 106 cm³/mol. The lowest BCUT2D eigenvalue weighted by atomic mass is 10.0. The number of hydrogen-bond acceptors (Lipinski definition) is 4. The van der Waals surface area contributed by atoms with Crippen LogP contribution in [0.1, 0.15) is 68.7 Å². The van der Waals surface area contributed by atoms with E-state index in [1.54, 1.807) is 0 Å². The molecule has 2 saturated heterocycles. The van der Waals surface area contributed by atoms with Gasteiger partial charge in [-0.1, -0.05) is 0 Å². The van der Waals surface area contributed by atoms with Crippen LogP contribution < -0.4 is 0 Å². The molecule has 3 heterocycles. The van der Waals surface area contributed by atoms with Crippen LogP contribution in [-0.2, 0) is 0 Å². The molecular weight excluding hydrogens is 315 g/mol. The predicted octanol–water partition coefficient (Wildman–Crippen LogP) is 4.17. The Morgan fingerprint density at radius 3 is 1.96 bits per heavy atom. The molecule has 4 nitrogen and oxygen atoms in total. The highest BCUT2D eigenvalue weighted by atomic mass is 31.1. The minimum Gasteiger partial charge on any atom is -0.291 e. The molecule has 2 atom stereocenters. The van der Waals surface area contributed by atoms with Crippen molar-refractivity contribution >= 4 is 13.9 Å². The third-order valence-electron chi connectivity index (χ3n) is 5.57. The molecule has 0 amide bonds. The lowest BCUT2D eigenvalue weighted by Gasteiger charge is -2.69. The zero-order chi connectivity index (χ0) is 18.1. The molecular formula is C19H37N4P. The van der Waals surface area contributed by atoms with Crippen molar-refractivity contribution in [3.8, 4) is 0 Å².